The first-order chi connectivity index (χ1) is 15.2. The molecule has 4 rings (SSSR count). The topological polar surface area (TPSA) is 123 Å². The van der Waals surface area contributed by atoms with Crippen molar-refractivity contribution in [1.29, 1.82) is 0 Å². The highest BCUT2D eigenvalue weighted by atomic mass is 35.5. The van der Waals surface area contributed by atoms with Crippen LogP contribution in [0, 0.1) is 12.8 Å². The van der Waals surface area contributed by atoms with Crippen molar-refractivity contribution < 1.29 is 19.1 Å². The summed E-state index contributed by atoms with van der Waals surface area (Å²) in [5, 5.41) is 9.68. The third kappa shape index (κ3) is 3.80. The molecule has 2 aromatic rings. The SMILES string of the molecule is COc1ccc(NC(=O)[C@@H]2C[C@H](CCC(N)=O)N[C@@]23C(=O)Nc2c(C)cc(Cl)cc23)cc1. The smallest absolute Gasteiger partial charge is 0.250 e. The number of amides is 3. The molecular formula is C23H25ClN4O4. The van der Waals surface area contributed by atoms with E-state index >= 15 is 0 Å². The van der Waals surface area contributed by atoms with E-state index in [4.69, 9.17) is 22.1 Å². The number of rotatable bonds is 6. The highest BCUT2D eigenvalue weighted by Crippen LogP contribution is 2.49. The molecule has 3 amide bonds. The second kappa shape index (κ2) is 8.44. The molecule has 0 aromatic heterocycles. The fourth-order valence-electron chi connectivity index (χ4n) is 4.70. The van der Waals surface area contributed by atoms with Crippen LogP contribution in [0.3, 0.4) is 0 Å². The first kappa shape index (κ1) is 22.1. The second-order valence-electron chi connectivity index (χ2n) is 8.26. The lowest BCUT2D eigenvalue weighted by Crippen LogP contribution is -2.52. The lowest BCUT2D eigenvalue weighted by atomic mass is 9.79. The molecule has 2 aliphatic heterocycles. The molecule has 9 heteroatoms. The van der Waals surface area contributed by atoms with E-state index in [0.29, 0.717) is 40.6 Å². The number of carbonyl (C=O) groups is 3. The summed E-state index contributed by atoms with van der Waals surface area (Å²) in [6, 6.07) is 10.2. The van der Waals surface area contributed by atoms with Crippen LogP contribution >= 0.6 is 11.6 Å². The van der Waals surface area contributed by atoms with Crippen LogP contribution < -0.4 is 26.4 Å². The third-order valence-corrected chi connectivity index (χ3v) is 6.43. The van der Waals surface area contributed by atoms with E-state index in [-0.39, 0.29) is 24.3 Å². The normalized spacial score (nSPS) is 23.7. The minimum Gasteiger partial charge on any atom is -0.497 e. The highest BCUT2D eigenvalue weighted by molar-refractivity contribution is 6.31. The summed E-state index contributed by atoms with van der Waals surface area (Å²) in [6.45, 7) is 1.86. The van der Waals surface area contributed by atoms with Crippen molar-refractivity contribution in [3.8, 4) is 5.75 Å². The zero-order valence-electron chi connectivity index (χ0n) is 17.8. The van der Waals surface area contributed by atoms with Gasteiger partial charge in [0.05, 0.1) is 13.0 Å². The van der Waals surface area contributed by atoms with Crippen LogP contribution in [0.15, 0.2) is 36.4 Å². The number of methoxy groups -OCH3 is 1. The molecule has 1 saturated heterocycles. The van der Waals surface area contributed by atoms with E-state index < -0.39 is 17.4 Å². The fraction of sp³-hybridized carbons (Fsp3) is 0.348. The molecular weight excluding hydrogens is 432 g/mol. The molecule has 1 fully saturated rings. The standard InChI is InChI=1S/C23H25ClN4O4/c1-12-9-13(24)10-17-20(12)27-22(31)23(17)18(11-15(28-23)5-8-19(25)29)21(30)26-14-3-6-16(32-2)7-4-14/h3-4,6-7,9-10,15,18,28H,5,8,11H2,1-2H3,(H2,25,29)(H,26,30)(H,27,31)/t15-,18-,23+/m0/s1. The maximum atomic E-state index is 13.5. The number of nitrogens with two attached hydrogens (primary N) is 1. The van der Waals surface area contributed by atoms with Crippen molar-refractivity contribution in [2.75, 3.05) is 17.7 Å². The number of primary amides is 1. The molecule has 1 spiro atoms. The molecule has 8 nitrogen and oxygen atoms in total. The molecule has 0 radical (unpaired) electrons. The molecule has 0 saturated carbocycles. The number of aryl methyl sites for hydroxylation is 1. The number of carbonyl (C=O) groups excluding carboxylic acids is 3. The van der Waals surface area contributed by atoms with Crippen LogP contribution in [0.1, 0.15) is 30.4 Å². The maximum absolute atomic E-state index is 13.5. The largest absolute Gasteiger partial charge is 0.497 e. The van der Waals surface area contributed by atoms with Gasteiger partial charge in [-0.2, -0.15) is 0 Å². The highest BCUT2D eigenvalue weighted by Gasteiger charge is 2.60. The Hall–Kier alpha value is -3.10. The molecule has 32 heavy (non-hydrogen) atoms. The van der Waals surface area contributed by atoms with Gasteiger partial charge in [-0.1, -0.05) is 11.6 Å². The monoisotopic (exact) mass is 456 g/mol. The van der Waals surface area contributed by atoms with E-state index in [1.165, 1.54) is 0 Å². The summed E-state index contributed by atoms with van der Waals surface area (Å²) in [4.78, 5) is 38.1. The molecule has 3 atom stereocenters. The Kier molecular flexibility index (Phi) is 5.83. The number of fused-ring (bicyclic) bond motifs is 2. The molecule has 0 unspecified atom stereocenters. The number of hydrogen-bond donors (Lipinski definition) is 4. The van der Waals surface area contributed by atoms with Gasteiger partial charge < -0.3 is 21.1 Å². The number of anilines is 2. The van der Waals surface area contributed by atoms with Crippen molar-refractivity contribution in [3.05, 3.63) is 52.5 Å². The Bertz CT molecular complexity index is 1090. The molecule has 2 aliphatic rings. The van der Waals surface area contributed by atoms with Crippen LogP contribution in [-0.4, -0.2) is 30.9 Å². The van der Waals surface area contributed by atoms with Crippen molar-refractivity contribution >= 4 is 40.7 Å². The van der Waals surface area contributed by atoms with Crippen molar-refractivity contribution in [3.63, 3.8) is 0 Å². The van der Waals surface area contributed by atoms with E-state index in [1.807, 2.05) is 6.92 Å². The van der Waals surface area contributed by atoms with Crippen molar-refractivity contribution in [1.82, 2.24) is 5.32 Å². The van der Waals surface area contributed by atoms with Gasteiger partial charge >= 0.3 is 0 Å². The average Bonchev–Trinajstić information content (AvgIpc) is 3.27. The zero-order chi connectivity index (χ0) is 23.0. The lowest BCUT2D eigenvalue weighted by Gasteiger charge is -2.29. The van der Waals surface area contributed by atoms with Crippen LogP contribution in [0.25, 0.3) is 0 Å². The number of ether oxygens (including phenoxy) is 1. The van der Waals surface area contributed by atoms with Gasteiger partial charge in [0.1, 0.15) is 11.3 Å². The van der Waals surface area contributed by atoms with Gasteiger partial charge in [0.15, 0.2) is 0 Å². The van der Waals surface area contributed by atoms with Crippen LogP contribution in [0.4, 0.5) is 11.4 Å². The number of hydrogen-bond acceptors (Lipinski definition) is 5. The minimum atomic E-state index is -1.29. The Morgan fingerprint density at radius 3 is 2.66 bits per heavy atom. The predicted octanol–water partition coefficient (Wildman–Crippen LogP) is 2.69. The molecule has 0 aliphatic carbocycles. The van der Waals surface area contributed by atoms with Gasteiger partial charge in [0.2, 0.25) is 17.7 Å². The molecule has 5 N–H and O–H groups in total. The number of benzene rings is 2. The van der Waals surface area contributed by atoms with Gasteiger partial charge in [0, 0.05) is 34.4 Å². The van der Waals surface area contributed by atoms with Gasteiger partial charge in [-0.05, 0) is 61.7 Å². The Balaban J connectivity index is 1.71. The summed E-state index contributed by atoms with van der Waals surface area (Å²) < 4.78 is 5.16. The minimum absolute atomic E-state index is 0.156. The number of nitrogens with one attached hydrogen (secondary N) is 3. The third-order valence-electron chi connectivity index (χ3n) is 6.21. The second-order valence-corrected chi connectivity index (χ2v) is 8.70. The zero-order valence-corrected chi connectivity index (χ0v) is 18.6. The van der Waals surface area contributed by atoms with E-state index in [9.17, 15) is 14.4 Å². The van der Waals surface area contributed by atoms with Gasteiger partial charge in [0.25, 0.3) is 0 Å². The summed E-state index contributed by atoms with van der Waals surface area (Å²) in [6.07, 6.45) is 0.947. The summed E-state index contributed by atoms with van der Waals surface area (Å²) in [5.74, 6) is -1.09. The van der Waals surface area contributed by atoms with Crippen LogP contribution in [-0.2, 0) is 19.9 Å². The molecule has 2 aromatic carbocycles. The predicted molar refractivity (Wildman–Crippen MR) is 122 cm³/mol. The van der Waals surface area contributed by atoms with Crippen LogP contribution in [0.2, 0.25) is 5.02 Å². The van der Waals surface area contributed by atoms with Crippen LogP contribution in [0.5, 0.6) is 5.75 Å². The summed E-state index contributed by atoms with van der Waals surface area (Å²) >= 11 is 6.32. The summed E-state index contributed by atoms with van der Waals surface area (Å²) in [5.41, 5.74) is 6.74. The Morgan fingerprint density at radius 2 is 2.00 bits per heavy atom. The van der Waals surface area contributed by atoms with Gasteiger partial charge in [-0.25, -0.2) is 0 Å². The lowest BCUT2D eigenvalue weighted by molar-refractivity contribution is -0.130. The maximum Gasteiger partial charge on any atom is 0.250 e. The first-order valence-electron chi connectivity index (χ1n) is 10.4. The fourth-order valence-corrected chi connectivity index (χ4v) is 4.97. The molecule has 168 valence electrons. The first-order valence-corrected chi connectivity index (χ1v) is 10.8. The van der Waals surface area contributed by atoms with E-state index in [2.05, 4.69) is 16.0 Å². The average molecular weight is 457 g/mol. The van der Waals surface area contributed by atoms with Crippen molar-refractivity contribution in [2.45, 2.75) is 37.8 Å². The Labute approximate surface area is 190 Å². The van der Waals surface area contributed by atoms with E-state index in [0.717, 1.165) is 5.56 Å². The summed E-state index contributed by atoms with van der Waals surface area (Å²) in [7, 11) is 1.57. The molecule has 2 heterocycles. The quantitative estimate of drug-likeness (QED) is 0.532. The Morgan fingerprint density at radius 1 is 1.28 bits per heavy atom. The van der Waals surface area contributed by atoms with Crippen molar-refractivity contribution in [2.24, 2.45) is 11.7 Å². The number of halogens is 1. The molecule has 0 bridgehead atoms. The van der Waals surface area contributed by atoms with Gasteiger partial charge in [-0.15, -0.1) is 0 Å². The van der Waals surface area contributed by atoms with Gasteiger partial charge in [-0.3, -0.25) is 19.7 Å². The van der Waals surface area contributed by atoms with E-state index in [1.54, 1.807) is 43.5 Å².